The fraction of sp³-hybridized carbons (Fsp3) is 0.280. The predicted octanol–water partition coefficient (Wildman–Crippen LogP) is 5.82. The van der Waals surface area contributed by atoms with Crippen LogP contribution in [0.3, 0.4) is 0 Å². The fourth-order valence-electron chi connectivity index (χ4n) is 3.22. The van der Waals surface area contributed by atoms with Crippen LogP contribution in [0.1, 0.15) is 43.6 Å². The molecule has 1 amide bonds. The molecule has 0 fully saturated rings. The molecule has 34 heavy (non-hydrogen) atoms. The van der Waals surface area contributed by atoms with Crippen molar-refractivity contribution in [2.45, 2.75) is 33.1 Å². The lowest BCUT2D eigenvalue weighted by molar-refractivity contribution is -0.384. The molecule has 1 heterocycles. The summed E-state index contributed by atoms with van der Waals surface area (Å²) in [6, 6.07) is 13.5. The van der Waals surface area contributed by atoms with Crippen LogP contribution in [-0.2, 0) is 14.9 Å². The number of nitro groups is 1. The van der Waals surface area contributed by atoms with Crippen LogP contribution in [0, 0.1) is 10.1 Å². The van der Waals surface area contributed by atoms with Crippen molar-refractivity contribution in [3.05, 3.63) is 75.2 Å². The van der Waals surface area contributed by atoms with Gasteiger partial charge < -0.3 is 14.8 Å². The SMILES string of the molecule is CCOC(=O)c1c(-c2cccc([N+](=O)[O-])c2)csc1NC(=O)COc1ccc(C(C)(C)C)cc1. The van der Waals surface area contributed by atoms with E-state index in [1.54, 1.807) is 18.4 Å². The summed E-state index contributed by atoms with van der Waals surface area (Å²) in [6.45, 7) is 7.90. The van der Waals surface area contributed by atoms with Crippen molar-refractivity contribution in [3.63, 3.8) is 0 Å². The Kier molecular flexibility index (Phi) is 7.68. The Morgan fingerprint density at radius 2 is 1.82 bits per heavy atom. The highest BCUT2D eigenvalue weighted by atomic mass is 32.1. The number of anilines is 1. The molecule has 0 saturated heterocycles. The van der Waals surface area contributed by atoms with Crippen molar-refractivity contribution in [1.82, 2.24) is 0 Å². The fourth-order valence-corrected chi connectivity index (χ4v) is 4.19. The Bertz CT molecular complexity index is 1190. The Labute approximate surface area is 201 Å². The zero-order valence-corrected chi connectivity index (χ0v) is 20.2. The summed E-state index contributed by atoms with van der Waals surface area (Å²) < 4.78 is 10.8. The average molecular weight is 483 g/mol. The maximum absolute atomic E-state index is 12.7. The molecule has 0 spiro atoms. The van der Waals surface area contributed by atoms with Gasteiger partial charge in [-0.25, -0.2) is 4.79 Å². The number of benzene rings is 2. The maximum atomic E-state index is 12.7. The van der Waals surface area contributed by atoms with Crippen LogP contribution >= 0.6 is 11.3 Å². The monoisotopic (exact) mass is 482 g/mol. The highest BCUT2D eigenvalue weighted by Crippen LogP contribution is 2.37. The van der Waals surface area contributed by atoms with Gasteiger partial charge in [-0.2, -0.15) is 0 Å². The molecule has 1 N–H and O–H groups in total. The minimum absolute atomic E-state index is 0.00939. The van der Waals surface area contributed by atoms with E-state index in [-0.39, 0.29) is 34.9 Å². The van der Waals surface area contributed by atoms with E-state index in [4.69, 9.17) is 9.47 Å². The standard InChI is InChI=1S/C25H26N2O6S/c1-5-32-24(29)22-20(16-7-6-8-18(13-16)27(30)31)15-34-23(22)26-21(28)14-33-19-11-9-17(10-12-19)25(2,3)4/h6-13,15H,5,14H2,1-4H3,(H,26,28). The molecule has 0 saturated carbocycles. The summed E-state index contributed by atoms with van der Waals surface area (Å²) in [7, 11) is 0. The van der Waals surface area contributed by atoms with E-state index in [1.165, 1.54) is 18.2 Å². The van der Waals surface area contributed by atoms with E-state index >= 15 is 0 Å². The number of esters is 1. The summed E-state index contributed by atoms with van der Waals surface area (Å²) in [6.07, 6.45) is 0. The van der Waals surface area contributed by atoms with Gasteiger partial charge in [-0.1, -0.05) is 45.0 Å². The summed E-state index contributed by atoms with van der Waals surface area (Å²) in [5.41, 5.74) is 2.13. The van der Waals surface area contributed by atoms with Crippen LogP contribution < -0.4 is 10.1 Å². The molecule has 3 rings (SSSR count). The molecular formula is C25H26N2O6S. The Morgan fingerprint density at radius 3 is 2.44 bits per heavy atom. The molecule has 0 unspecified atom stereocenters. The first-order valence-corrected chi connectivity index (χ1v) is 11.5. The number of carbonyl (C=O) groups excluding carboxylic acids is 2. The van der Waals surface area contributed by atoms with E-state index in [0.717, 1.165) is 16.9 Å². The van der Waals surface area contributed by atoms with Gasteiger partial charge in [0, 0.05) is 23.1 Å². The van der Waals surface area contributed by atoms with Crippen molar-refractivity contribution in [3.8, 4) is 16.9 Å². The minimum atomic E-state index is -0.626. The summed E-state index contributed by atoms with van der Waals surface area (Å²) in [5, 5.41) is 15.8. The molecule has 9 heteroatoms. The number of non-ortho nitro benzene ring substituents is 1. The molecular weight excluding hydrogens is 456 g/mol. The Balaban J connectivity index is 1.78. The van der Waals surface area contributed by atoms with E-state index in [1.807, 2.05) is 24.3 Å². The normalized spacial score (nSPS) is 11.1. The zero-order chi connectivity index (χ0) is 24.9. The summed E-state index contributed by atoms with van der Waals surface area (Å²) >= 11 is 1.14. The Morgan fingerprint density at radius 1 is 1.12 bits per heavy atom. The quantitative estimate of drug-likeness (QED) is 0.246. The van der Waals surface area contributed by atoms with Gasteiger partial charge in [0.15, 0.2) is 6.61 Å². The van der Waals surface area contributed by atoms with Crippen LogP contribution in [0.5, 0.6) is 5.75 Å². The van der Waals surface area contributed by atoms with Crippen LogP contribution in [0.4, 0.5) is 10.7 Å². The molecule has 0 radical (unpaired) electrons. The van der Waals surface area contributed by atoms with Crippen molar-refractivity contribution in [2.75, 3.05) is 18.5 Å². The number of nitrogens with one attached hydrogen (secondary N) is 1. The first kappa shape index (κ1) is 24.9. The molecule has 3 aromatic rings. The molecule has 2 aromatic carbocycles. The number of carbonyl (C=O) groups is 2. The second-order valence-corrected chi connectivity index (χ2v) is 9.37. The second-order valence-electron chi connectivity index (χ2n) is 8.49. The predicted molar refractivity (Wildman–Crippen MR) is 132 cm³/mol. The van der Waals surface area contributed by atoms with Crippen LogP contribution in [0.2, 0.25) is 0 Å². The van der Waals surface area contributed by atoms with Gasteiger partial charge in [-0.05, 0) is 35.6 Å². The number of nitro benzene ring substituents is 1. The number of ether oxygens (including phenoxy) is 2. The number of rotatable bonds is 8. The van der Waals surface area contributed by atoms with Gasteiger partial charge in [0.25, 0.3) is 11.6 Å². The molecule has 0 bridgehead atoms. The van der Waals surface area contributed by atoms with E-state index in [9.17, 15) is 19.7 Å². The molecule has 1 aromatic heterocycles. The molecule has 0 aliphatic carbocycles. The van der Waals surface area contributed by atoms with Crippen molar-refractivity contribution in [1.29, 1.82) is 0 Å². The van der Waals surface area contributed by atoms with Gasteiger partial charge in [-0.15, -0.1) is 11.3 Å². The van der Waals surface area contributed by atoms with E-state index < -0.39 is 16.8 Å². The lowest BCUT2D eigenvalue weighted by Crippen LogP contribution is -2.21. The highest BCUT2D eigenvalue weighted by molar-refractivity contribution is 7.15. The lowest BCUT2D eigenvalue weighted by atomic mass is 9.87. The number of nitrogens with zero attached hydrogens (tertiary/aromatic N) is 1. The number of thiophene rings is 1. The molecule has 0 aliphatic heterocycles. The van der Waals surface area contributed by atoms with Gasteiger partial charge in [0.1, 0.15) is 16.3 Å². The largest absolute Gasteiger partial charge is 0.484 e. The topological polar surface area (TPSA) is 108 Å². The summed E-state index contributed by atoms with van der Waals surface area (Å²) in [4.78, 5) is 35.9. The van der Waals surface area contributed by atoms with Crippen LogP contribution in [0.15, 0.2) is 53.9 Å². The number of hydrogen-bond acceptors (Lipinski definition) is 7. The Hall–Kier alpha value is -3.72. The average Bonchev–Trinajstić information content (AvgIpc) is 3.21. The molecule has 8 nitrogen and oxygen atoms in total. The molecule has 0 aliphatic rings. The third-order valence-corrected chi connectivity index (χ3v) is 5.88. The smallest absolute Gasteiger partial charge is 0.341 e. The number of amides is 1. The third-order valence-electron chi connectivity index (χ3n) is 4.98. The first-order valence-electron chi connectivity index (χ1n) is 10.7. The van der Waals surface area contributed by atoms with Gasteiger partial charge >= 0.3 is 5.97 Å². The molecule has 0 atom stereocenters. The van der Waals surface area contributed by atoms with E-state index in [0.29, 0.717) is 16.9 Å². The second kappa shape index (κ2) is 10.5. The van der Waals surface area contributed by atoms with Crippen molar-refractivity contribution >= 4 is 33.9 Å². The maximum Gasteiger partial charge on any atom is 0.341 e. The van der Waals surface area contributed by atoms with Gasteiger partial charge in [0.05, 0.1) is 11.5 Å². The lowest BCUT2D eigenvalue weighted by Gasteiger charge is -2.19. The van der Waals surface area contributed by atoms with Gasteiger partial charge in [-0.3, -0.25) is 14.9 Å². The number of hydrogen-bond donors (Lipinski definition) is 1. The van der Waals surface area contributed by atoms with E-state index in [2.05, 4.69) is 26.1 Å². The highest BCUT2D eigenvalue weighted by Gasteiger charge is 2.24. The van der Waals surface area contributed by atoms with Crippen molar-refractivity contribution in [2.24, 2.45) is 0 Å². The first-order chi connectivity index (χ1) is 16.1. The molecule has 178 valence electrons. The third kappa shape index (κ3) is 5.99. The van der Waals surface area contributed by atoms with Crippen LogP contribution in [0.25, 0.3) is 11.1 Å². The summed E-state index contributed by atoms with van der Waals surface area (Å²) in [5.74, 6) is -0.519. The minimum Gasteiger partial charge on any atom is -0.484 e. The van der Waals surface area contributed by atoms with Crippen molar-refractivity contribution < 1.29 is 24.0 Å². The van der Waals surface area contributed by atoms with Crippen LogP contribution in [-0.4, -0.2) is 30.0 Å². The van der Waals surface area contributed by atoms with Gasteiger partial charge in [0.2, 0.25) is 0 Å². The zero-order valence-electron chi connectivity index (χ0n) is 19.4.